The lowest BCUT2D eigenvalue weighted by Crippen LogP contribution is -2.02. The lowest BCUT2D eigenvalue weighted by molar-refractivity contribution is 0.0982. The molecule has 0 heterocycles. The first-order valence-electron chi connectivity index (χ1n) is 6.63. The second kappa shape index (κ2) is 6.88. The molecule has 0 fully saturated rings. The highest BCUT2D eigenvalue weighted by Gasteiger charge is 2.10. The van der Waals surface area contributed by atoms with Crippen molar-refractivity contribution in [3.63, 3.8) is 0 Å². The normalized spacial score (nSPS) is 10.2. The van der Waals surface area contributed by atoms with Gasteiger partial charge in [-0.15, -0.1) is 0 Å². The van der Waals surface area contributed by atoms with E-state index in [1.165, 1.54) is 19.2 Å². The summed E-state index contributed by atoms with van der Waals surface area (Å²) in [6, 6.07) is 11.8. The van der Waals surface area contributed by atoms with Crippen LogP contribution in [0, 0.1) is 5.82 Å². The summed E-state index contributed by atoms with van der Waals surface area (Å²) in [7, 11) is 2.99. The number of hydrogen-bond acceptors (Lipinski definition) is 3. The number of methoxy groups -OCH3 is 2. The van der Waals surface area contributed by atoms with E-state index < -0.39 is 5.82 Å². The van der Waals surface area contributed by atoms with Crippen LogP contribution in [0.5, 0.6) is 11.5 Å². The Morgan fingerprint density at radius 3 is 2.57 bits per heavy atom. The van der Waals surface area contributed by atoms with Crippen molar-refractivity contribution in [2.45, 2.75) is 12.8 Å². The van der Waals surface area contributed by atoms with Gasteiger partial charge in [0.15, 0.2) is 17.3 Å². The Labute approximate surface area is 123 Å². The molecule has 3 nitrogen and oxygen atoms in total. The van der Waals surface area contributed by atoms with E-state index in [0.717, 1.165) is 11.3 Å². The number of ketones is 1. The summed E-state index contributed by atoms with van der Waals surface area (Å²) in [4.78, 5) is 12.1. The summed E-state index contributed by atoms with van der Waals surface area (Å²) in [5.41, 5.74) is 1.37. The molecule has 0 aliphatic rings. The molecule has 0 radical (unpaired) electrons. The lowest BCUT2D eigenvalue weighted by Gasteiger charge is -2.06. The summed E-state index contributed by atoms with van der Waals surface area (Å²) in [6.45, 7) is 0. The third kappa shape index (κ3) is 3.81. The van der Waals surface area contributed by atoms with Gasteiger partial charge in [-0.1, -0.05) is 12.1 Å². The average molecular weight is 288 g/mol. The number of carbonyl (C=O) groups is 1. The molecular formula is C17H17FO3. The second-order valence-corrected chi connectivity index (χ2v) is 4.62. The van der Waals surface area contributed by atoms with Gasteiger partial charge in [0.1, 0.15) is 5.75 Å². The number of aryl methyl sites for hydroxylation is 1. The second-order valence-electron chi connectivity index (χ2n) is 4.62. The molecule has 0 saturated carbocycles. The zero-order chi connectivity index (χ0) is 15.2. The van der Waals surface area contributed by atoms with Crippen molar-refractivity contribution in [3.05, 3.63) is 59.4 Å². The molecule has 0 aromatic heterocycles. The van der Waals surface area contributed by atoms with Gasteiger partial charge >= 0.3 is 0 Å². The molecule has 4 heteroatoms. The molecule has 0 unspecified atom stereocenters. The van der Waals surface area contributed by atoms with Crippen molar-refractivity contribution in [3.8, 4) is 11.5 Å². The van der Waals surface area contributed by atoms with Gasteiger partial charge in [0.25, 0.3) is 0 Å². The fourth-order valence-corrected chi connectivity index (χ4v) is 2.07. The molecule has 0 N–H and O–H groups in total. The Morgan fingerprint density at radius 1 is 1.10 bits per heavy atom. The lowest BCUT2D eigenvalue weighted by atomic mass is 10.0. The first-order valence-corrected chi connectivity index (χ1v) is 6.63. The van der Waals surface area contributed by atoms with Crippen molar-refractivity contribution in [2.75, 3.05) is 14.2 Å². The van der Waals surface area contributed by atoms with E-state index in [2.05, 4.69) is 0 Å². The van der Waals surface area contributed by atoms with Gasteiger partial charge in [-0.05, 0) is 42.3 Å². The summed E-state index contributed by atoms with van der Waals surface area (Å²) in [6.07, 6.45) is 0.905. The number of halogens is 1. The summed E-state index contributed by atoms with van der Waals surface area (Å²) < 4.78 is 23.6. The highest BCUT2D eigenvalue weighted by Crippen LogP contribution is 2.20. The minimum atomic E-state index is -0.523. The van der Waals surface area contributed by atoms with Crippen LogP contribution < -0.4 is 9.47 Å². The molecular weight excluding hydrogens is 271 g/mol. The maximum atomic E-state index is 13.6. The minimum Gasteiger partial charge on any atom is -0.497 e. The molecule has 0 aliphatic carbocycles. The van der Waals surface area contributed by atoms with Crippen LogP contribution in [-0.4, -0.2) is 20.0 Å². The fraction of sp³-hybridized carbons (Fsp3) is 0.235. The predicted octanol–water partition coefficient (Wildman–Crippen LogP) is 3.66. The van der Waals surface area contributed by atoms with Crippen LogP contribution in [0.15, 0.2) is 42.5 Å². The summed E-state index contributed by atoms with van der Waals surface area (Å²) in [5.74, 6) is 0.277. The van der Waals surface area contributed by atoms with E-state index in [9.17, 15) is 9.18 Å². The zero-order valence-electron chi connectivity index (χ0n) is 12.1. The molecule has 0 spiro atoms. The Morgan fingerprint density at radius 2 is 1.90 bits per heavy atom. The maximum Gasteiger partial charge on any atom is 0.165 e. The van der Waals surface area contributed by atoms with Crippen molar-refractivity contribution >= 4 is 5.78 Å². The molecule has 0 amide bonds. The highest BCUT2D eigenvalue weighted by atomic mass is 19.1. The minimum absolute atomic E-state index is 0.0978. The smallest absolute Gasteiger partial charge is 0.165 e. The van der Waals surface area contributed by atoms with E-state index in [1.54, 1.807) is 13.2 Å². The Balaban J connectivity index is 2.02. The van der Waals surface area contributed by atoms with E-state index in [0.29, 0.717) is 18.4 Å². The van der Waals surface area contributed by atoms with E-state index in [-0.39, 0.29) is 11.5 Å². The summed E-state index contributed by atoms with van der Waals surface area (Å²) in [5, 5.41) is 0. The topological polar surface area (TPSA) is 35.5 Å². The monoisotopic (exact) mass is 288 g/mol. The molecule has 0 aliphatic heterocycles. The van der Waals surface area contributed by atoms with Gasteiger partial charge in [0, 0.05) is 12.0 Å². The average Bonchev–Trinajstić information content (AvgIpc) is 2.52. The number of hydrogen-bond donors (Lipinski definition) is 0. The van der Waals surface area contributed by atoms with Gasteiger partial charge in [-0.25, -0.2) is 4.39 Å². The van der Waals surface area contributed by atoms with Crippen molar-refractivity contribution in [2.24, 2.45) is 0 Å². The third-order valence-electron chi connectivity index (χ3n) is 3.25. The molecule has 0 saturated heterocycles. The highest BCUT2D eigenvalue weighted by molar-refractivity contribution is 5.96. The SMILES string of the molecule is COc1cccc(CCC(=O)c2ccc(OC)c(F)c2)c1. The Kier molecular flexibility index (Phi) is 4.93. The number of Topliss-reactive ketones (excluding diaryl/α,β-unsaturated/α-hetero) is 1. The standard InChI is InChI=1S/C17H17FO3/c1-20-14-5-3-4-12(10-14)6-8-16(19)13-7-9-17(21-2)15(18)11-13/h3-5,7,9-11H,6,8H2,1-2H3. The molecule has 2 aromatic carbocycles. The quantitative estimate of drug-likeness (QED) is 0.761. The zero-order valence-corrected chi connectivity index (χ0v) is 12.1. The van der Waals surface area contributed by atoms with Crippen LogP contribution in [-0.2, 0) is 6.42 Å². The first kappa shape index (κ1) is 15.0. The van der Waals surface area contributed by atoms with Crippen molar-refractivity contribution in [1.82, 2.24) is 0 Å². The Bertz CT molecular complexity index is 638. The van der Waals surface area contributed by atoms with Crippen LogP contribution in [0.2, 0.25) is 0 Å². The van der Waals surface area contributed by atoms with Gasteiger partial charge in [0.05, 0.1) is 14.2 Å². The van der Waals surface area contributed by atoms with E-state index in [1.807, 2.05) is 24.3 Å². The van der Waals surface area contributed by atoms with Gasteiger partial charge in [-0.3, -0.25) is 4.79 Å². The summed E-state index contributed by atoms with van der Waals surface area (Å²) >= 11 is 0. The number of rotatable bonds is 6. The number of carbonyl (C=O) groups excluding carboxylic acids is 1. The van der Waals surface area contributed by atoms with E-state index in [4.69, 9.17) is 9.47 Å². The van der Waals surface area contributed by atoms with Crippen LogP contribution in [0.4, 0.5) is 4.39 Å². The third-order valence-corrected chi connectivity index (χ3v) is 3.25. The maximum absolute atomic E-state index is 13.6. The van der Waals surface area contributed by atoms with Gasteiger partial charge in [-0.2, -0.15) is 0 Å². The van der Waals surface area contributed by atoms with E-state index >= 15 is 0 Å². The number of ether oxygens (including phenoxy) is 2. The largest absolute Gasteiger partial charge is 0.497 e. The molecule has 0 bridgehead atoms. The van der Waals surface area contributed by atoms with Crippen LogP contribution in [0.25, 0.3) is 0 Å². The Hall–Kier alpha value is -2.36. The predicted molar refractivity (Wildman–Crippen MR) is 78.6 cm³/mol. The molecule has 2 rings (SSSR count). The molecule has 0 atom stereocenters. The van der Waals surface area contributed by atoms with Crippen LogP contribution >= 0.6 is 0 Å². The molecule has 21 heavy (non-hydrogen) atoms. The number of benzene rings is 2. The molecule has 2 aromatic rings. The van der Waals surface area contributed by atoms with Crippen LogP contribution in [0.1, 0.15) is 22.3 Å². The van der Waals surface area contributed by atoms with Crippen LogP contribution in [0.3, 0.4) is 0 Å². The van der Waals surface area contributed by atoms with Crippen molar-refractivity contribution in [1.29, 1.82) is 0 Å². The van der Waals surface area contributed by atoms with Gasteiger partial charge in [0.2, 0.25) is 0 Å². The molecule has 110 valence electrons. The van der Waals surface area contributed by atoms with Gasteiger partial charge < -0.3 is 9.47 Å². The van der Waals surface area contributed by atoms with Crippen molar-refractivity contribution < 1.29 is 18.7 Å². The first-order chi connectivity index (χ1) is 10.1. The fourth-order valence-electron chi connectivity index (χ4n) is 2.07.